The number of rotatable bonds is 10. The van der Waals surface area contributed by atoms with Crippen molar-refractivity contribution >= 4 is 27.5 Å². The summed E-state index contributed by atoms with van der Waals surface area (Å²) in [6, 6.07) is 11.5. The van der Waals surface area contributed by atoms with Crippen LogP contribution in [-0.4, -0.2) is 39.9 Å². The molecule has 0 heterocycles. The molecule has 0 aliphatic carbocycles. The normalized spacial score (nSPS) is 11.3. The van der Waals surface area contributed by atoms with Crippen molar-refractivity contribution in [2.75, 3.05) is 25.0 Å². The van der Waals surface area contributed by atoms with E-state index in [1.165, 1.54) is 6.92 Å². The first-order valence-corrected chi connectivity index (χ1v) is 11.5. The van der Waals surface area contributed by atoms with Crippen LogP contribution in [0.4, 0.5) is 5.69 Å². The van der Waals surface area contributed by atoms with E-state index in [1.54, 1.807) is 43.3 Å². The second-order valence-corrected chi connectivity index (χ2v) is 8.94. The van der Waals surface area contributed by atoms with Crippen molar-refractivity contribution in [3.8, 4) is 5.75 Å². The number of hydrogen-bond donors (Lipinski definition) is 3. The van der Waals surface area contributed by atoms with E-state index < -0.39 is 10.0 Å². The number of ether oxygens (including phenoxy) is 1. The first kappa shape index (κ1) is 24.4. The first-order valence-electron chi connectivity index (χ1n) is 10.1. The third kappa shape index (κ3) is 7.08. The van der Waals surface area contributed by atoms with Gasteiger partial charge in [-0.05, 0) is 54.8 Å². The molecule has 2 aromatic carbocycles. The van der Waals surface area contributed by atoms with Crippen molar-refractivity contribution in [3.63, 3.8) is 0 Å². The third-order valence-electron chi connectivity index (χ3n) is 4.39. The molecule has 9 heteroatoms. The molecule has 2 aromatic rings. The Morgan fingerprint density at radius 3 is 2.29 bits per heavy atom. The van der Waals surface area contributed by atoms with E-state index in [0.29, 0.717) is 23.6 Å². The molecule has 0 radical (unpaired) electrons. The number of nitrogens with one attached hydrogen (secondary N) is 3. The van der Waals surface area contributed by atoms with Crippen LogP contribution in [0, 0.1) is 0 Å². The Labute approximate surface area is 183 Å². The molecular formula is C22H29N3O5S. The van der Waals surface area contributed by atoms with Crippen molar-refractivity contribution in [3.05, 3.63) is 53.6 Å². The SMILES string of the molecule is CCOc1ccc(C(C)C)cc1S(=O)(=O)NCCNC(=O)c1ccc(NC(C)=O)cc1. The number of carbonyl (C=O) groups is 2. The minimum absolute atomic E-state index is 0.0233. The van der Waals surface area contributed by atoms with Crippen LogP contribution in [0.2, 0.25) is 0 Å². The molecule has 2 rings (SSSR count). The van der Waals surface area contributed by atoms with Gasteiger partial charge < -0.3 is 15.4 Å². The van der Waals surface area contributed by atoms with E-state index in [0.717, 1.165) is 5.56 Å². The molecule has 31 heavy (non-hydrogen) atoms. The van der Waals surface area contributed by atoms with Crippen LogP contribution in [0.15, 0.2) is 47.4 Å². The molecule has 2 amide bonds. The lowest BCUT2D eigenvalue weighted by atomic mass is 10.0. The summed E-state index contributed by atoms with van der Waals surface area (Å²) in [5.74, 6) is -0.0788. The van der Waals surface area contributed by atoms with Crippen LogP contribution >= 0.6 is 0 Å². The number of benzene rings is 2. The minimum atomic E-state index is -3.82. The highest BCUT2D eigenvalue weighted by Gasteiger charge is 2.21. The third-order valence-corrected chi connectivity index (χ3v) is 5.88. The van der Waals surface area contributed by atoms with Crippen molar-refractivity contribution in [1.82, 2.24) is 10.0 Å². The zero-order valence-corrected chi connectivity index (χ0v) is 19.0. The summed E-state index contributed by atoms with van der Waals surface area (Å²) in [6.45, 7) is 7.64. The molecular weight excluding hydrogens is 418 g/mol. The Kier molecular flexibility index (Phi) is 8.58. The molecule has 0 aliphatic heterocycles. The van der Waals surface area contributed by atoms with Crippen LogP contribution in [0.5, 0.6) is 5.75 Å². The summed E-state index contributed by atoms with van der Waals surface area (Å²) < 4.78 is 33.6. The highest BCUT2D eigenvalue weighted by atomic mass is 32.2. The molecule has 0 saturated carbocycles. The first-order chi connectivity index (χ1) is 14.6. The van der Waals surface area contributed by atoms with Gasteiger partial charge in [0.15, 0.2) is 0 Å². The Bertz CT molecular complexity index is 1020. The van der Waals surface area contributed by atoms with Gasteiger partial charge in [0.05, 0.1) is 6.61 Å². The predicted octanol–water partition coefficient (Wildman–Crippen LogP) is 2.88. The van der Waals surface area contributed by atoms with E-state index in [2.05, 4.69) is 15.4 Å². The molecule has 168 valence electrons. The fourth-order valence-corrected chi connectivity index (χ4v) is 4.03. The van der Waals surface area contributed by atoms with Gasteiger partial charge in [-0.2, -0.15) is 0 Å². The zero-order valence-electron chi connectivity index (χ0n) is 18.2. The van der Waals surface area contributed by atoms with E-state index in [1.807, 2.05) is 19.9 Å². The Balaban J connectivity index is 1.97. The van der Waals surface area contributed by atoms with Gasteiger partial charge in [-0.1, -0.05) is 19.9 Å². The Hall–Kier alpha value is -2.91. The minimum Gasteiger partial charge on any atom is -0.492 e. The van der Waals surface area contributed by atoms with E-state index in [-0.39, 0.29) is 35.7 Å². The van der Waals surface area contributed by atoms with Crippen LogP contribution in [0.1, 0.15) is 49.5 Å². The highest BCUT2D eigenvalue weighted by Crippen LogP contribution is 2.28. The molecule has 8 nitrogen and oxygen atoms in total. The fourth-order valence-electron chi connectivity index (χ4n) is 2.82. The fraction of sp³-hybridized carbons (Fsp3) is 0.364. The number of carbonyl (C=O) groups excluding carboxylic acids is 2. The highest BCUT2D eigenvalue weighted by molar-refractivity contribution is 7.89. The number of sulfonamides is 1. The lowest BCUT2D eigenvalue weighted by Gasteiger charge is -2.15. The van der Waals surface area contributed by atoms with Crippen LogP contribution in [0.3, 0.4) is 0 Å². The van der Waals surface area contributed by atoms with Crippen molar-refractivity contribution in [2.24, 2.45) is 0 Å². The summed E-state index contributed by atoms with van der Waals surface area (Å²) in [6.07, 6.45) is 0. The summed E-state index contributed by atoms with van der Waals surface area (Å²) in [5, 5.41) is 5.29. The van der Waals surface area contributed by atoms with Gasteiger partial charge in [-0.3, -0.25) is 9.59 Å². The molecule has 3 N–H and O–H groups in total. The van der Waals surface area contributed by atoms with Crippen LogP contribution in [0.25, 0.3) is 0 Å². The molecule has 0 atom stereocenters. The van der Waals surface area contributed by atoms with Gasteiger partial charge in [0.25, 0.3) is 5.91 Å². The lowest BCUT2D eigenvalue weighted by molar-refractivity contribution is -0.114. The molecule has 0 saturated heterocycles. The standard InChI is InChI=1S/C22H29N3O5S/c1-5-30-20-11-8-18(15(2)3)14-21(20)31(28,29)24-13-12-23-22(27)17-6-9-19(10-7-17)25-16(4)26/h6-11,14-15,24H,5,12-13H2,1-4H3,(H,23,27)(H,25,26). The summed E-state index contributed by atoms with van der Waals surface area (Å²) in [4.78, 5) is 23.4. The Morgan fingerprint density at radius 1 is 1.03 bits per heavy atom. The second kappa shape index (κ2) is 10.9. The molecule has 0 bridgehead atoms. The second-order valence-electron chi connectivity index (χ2n) is 7.21. The molecule has 0 aromatic heterocycles. The van der Waals surface area contributed by atoms with Gasteiger partial charge in [0.1, 0.15) is 10.6 Å². The molecule has 0 fully saturated rings. The summed E-state index contributed by atoms with van der Waals surface area (Å²) >= 11 is 0. The van der Waals surface area contributed by atoms with Gasteiger partial charge in [0.2, 0.25) is 15.9 Å². The van der Waals surface area contributed by atoms with Gasteiger partial charge >= 0.3 is 0 Å². The average molecular weight is 448 g/mol. The zero-order chi connectivity index (χ0) is 23.0. The van der Waals surface area contributed by atoms with Crippen molar-refractivity contribution in [2.45, 2.75) is 38.5 Å². The maximum absolute atomic E-state index is 12.8. The number of hydrogen-bond acceptors (Lipinski definition) is 5. The van der Waals surface area contributed by atoms with E-state index in [9.17, 15) is 18.0 Å². The monoisotopic (exact) mass is 447 g/mol. The molecule has 0 unspecified atom stereocenters. The van der Waals surface area contributed by atoms with Crippen LogP contribution in [-0.2, 0) is 14.8 Å². The predicted molar refractivity (Wildman–Crippen MR) is 120 cm³/mol. The number of anilines is 1. The van der Waals surface area contributed by atoms with E-state index in [4.69, 9.17) is 4.74 Å². The van der Waals surface area contributed by atoms with E-state index >= 15 is 0 Å². The number of amides is 2. The van der Waals surface area contributed by atoms with Gasteiger partial charge in [-0.25, -0.2) is 13.1 Å². The Morgan fingerprint density at radius 2 is 1.71 bits per heavy atom. The smallest absolute Gasteiger partial charge is 0.251 e. The molecule has 0 aliphatic rings. The lowest BCUT2D eigenvalue weighted by Crippen LogP contribution is -2.34. The van der Waals surface area contributed by atoms with Crippen molar-refractivity contribution in [1.29, 1.82) is 0 Å². The molecule has 0 spiro atoms. The van der Waals surface area contributed by atoms with Crippen molar-refractivity contribution < 1.29 is 22.7 Å². The maximum Gasteiger partial charge on any atom is 0.251 e. The summed E-state index contributed by atoms with van der Waals surface area (Å²) in [5.41, 5.74) is 1.88. The average Bonchev–Trinajstić information content (AvgIpc) is 2.71. The van der Waals surface area contributed by atoms with Gasteiger partial charge in [-0.15, -0.1) is 0 Å². The largest absolute Gasteiger partial charge is 0.492 e. The van der Waals surface area contributed by atoms with Gasteiger partial charge in [0, 0.05) is 31.3 Å². The summed E-state index contributed by atoms with van der Waals surface area (Å²) in [7, 11) is -3.82. The maximum atomic E-state index is 12.8. The topological polar surface area (TPSA) is 114 Å². The quantitative estimate of drug-likeness (QED) is 0.485. The van der Waals surface area contributed by atoms with Crippen LogP contribution < -0.4 is 20.1 Å².